The van der Waals surface area contributed by atoms with Crippen LogP contribution in [0.2, 0.25) is 0 Å². The molecule has 1 atom stereocenters. The molecule has 0 aliphatic heterocycles. The summed E-state index contributed by atoms with van der Waals surface area (Å²) in [6, 6.07) is 0. The van der Waals surface area contributed by atoms with Gasteiger partial charge in [0.2, 0.25) is 0 Å². The molecule has 0 unspecified atom stereocenters. The van der Waals surface area contributed by atoms with E-state index in [0.29, 0.717) is 11.7 Å². The Bertz CT molecular complexity index is 177. The highest BCUT2D eigenvalue weighted by molar-refractivity contribution is 5.95. The quantitative estimate of drug-likeness (QED) is 0.542. The highest BCUT2D eigenvalue weighted by Gasteiger charge is 2.25. The Morgan fingerprint density at radius 2 is 2.20 bits per heavy atom. The fraction of sp³-hybridized carbons (Fsp3) is 0.667. The third kappa shape index (κ3) is 1.28. The van der Waals surface area contributed by atoms with E-state index in [1.165, 1.54) is 5.57 Å². The summed E-state index contributed by atoms with van der Waals surface area (Å²) in [5, 5.41) is 0. The van der Waals surface area contributed by atoms with E-state index in [-0.39, 0.29) is 5.92 Å². The molecule has 0 aromatic rings. The monoisotopic (exact) mass is 138 g/mol. The van der Waals surface area contributed by atoms with Crippen LogP contribution in [0.3, 0.4) is 0 Å². The predicted octanol–water partition coefficient (Wildman–Crippen LogP) is 2.18. The van der Waals surface area contributed by atoms with Gasteiger partial charge in [-0.25, -0.2) is 0 Å². The van der Waals surface area contributed by atoms with Gasteiger partial charge in [0.15, 0.2) is 5.78 Å². The smallest absolute Gasteiger partial charge is 0.159 e. The van der Waals surface area contributed by atoms with Crippen molar-refractivity contribution in [1.29, 1.82) is 0 Å². The summed E-state index contributed by atoms with van der Waals surface area (Å²) < 4.78 is 0. The number of allylic oxidation sites excluding steroid dienone is 2. The van der Waals surface area contributed by atoms with Crippen LogP contribution in [0.4, 0.5) is 0 Å². The average molecular weight is 138 g/mol. The normalized spacial score (nSPS) is 25.8. The molecule has 0 amide bonds. The zero-order chi connectivity index (χ0) is 7.72. The van der Waals surface area contributed by atoms with Crippen molar-refractivity contribution in [3.05, 3.63) is 11.6 Å². The topological polar surface area (TPSA) is 17.1 Å². The van der Waals surface area contributed by atoms with Crippen LogP contribution < -0.4 is 0 Å². The summed E-state index contributed by atoms with van der Waals surface area (Å²) in [5.74, 6) is 1.11. The highest BCUT2D eigenvalue weighted by Crippen LogP contribution is 2.27. The molecule has 1 heteroatoms. The maximum absolute atomic E-state index is 11.1. The molecule has 1 rings (SSSR count). The van der Waals surface area contributed by atoms with Crippen LogP contribution in [0.15, 0.2) is 11.6 Å². The second kappa shape index (κ2) is 2.57. The van der Waals surface area contributed by atoms with Gasteiger partial charge in [0.05, 0.1) is 0 Å². The van der Waals surface area contributed by atoms with Crippen LogP contribution in [0.5, 0.6) is 0 Å². The maximum atomic E-state index is 11.1. The van der Waals surface area contributed by atoms with Crippen molar-refractivity contribution >= 4 is 5.78 Å². The molecule has 0 N–H and O–H groups in total. The molecular weight excluding hydrogens is 124 g/mol. The predicted molar refractivity (Wildman–Crippen MR) is 41.7 cm³/mol. The van der Waals surface area contributed by atoms with Gasteiger partial charge in [0, 0.05) is 5.92 Å². The van der Waals surface area contributed by atoms with E-state index in [0.717, 1.165) is 6.42 Å². The van der Waals surface area contributed by atoms with E-state index in [9.17, 15) is 4.79 Å². The van der Waals surface area contributed by atoms with Crippen molar-refractivity contribution < 1.29 is 4.79 Å². The molecule has 0 bridgehead atoms. The van der Waals surface area contributed by atoms with E-state index in [4.69, 9.17) is 0 Å². The molecule has 0 radical (unpaired) electrons. The Labute approximate surface area is 62.1 Å². The first-order valence-corrected chi connectivity index (χ1v) is 3.82. The molecule has 0 heterocycles. The Morgan fingerprint density at radius 3 is 2.40 bits per heavy atom. The van der Waals surface area contributed by atoms with E-state index in [1.807, 2.05) is 6.92 Å². The van der Waals surface area contributed by atoms with Crippen molar-refractivity contribution in [2.45, 2.75) is 27.2 Å². The molecule has 1 aliphatic carbocycles. The molecule has 1 nitrogen and oxygen atoms in total. The lowest BCUT2D eigenvalue weighted by Gasteiger charge is -2.11. The molecular formula is C9H14O. The Hall–Kier alpha value is -0.590. The van der Waals surface area contributed by atoms with Gasteiger partial charge in [-0.3, -0.25) is 4.79 Å². The third-order valence-electron chi connectivity index (χ3n) is 2.10. The molecule has 0 saturated carbocycles. The lowest BCUT2D eigenvalue weighted by atomic mass is 9.92. The van der Waals surface area contributed by atoms with Crippen LogP contribution >= 0.6 is 0 Å². The Kier molecular flexibility index (Phi) is 1.93. The third-order valence-corrected chi connectivity index (χ3v) is 2.10. The van der Waals surface area contributed by atoms with Crippen molar-refractivity contribution in [2.24, 2.45) is 11.8 Å². The standard InChI is InChI=1S/C9H14O/c1-6(2)8-4-7(3)5-9(8)10/h5-6,8H,4H2,1-3H3/t8-/m1/s1. The summed E-state index contributed by atoms with van der Waals surface area (Å²) in [7, 11) is 0. The van der Waals surface area contributed by atoms with Crippen molar-refractivity contribution in [1.82, 2.24) is 0 Å². The summed E-state index contributed by atoms with van der Waals surface area (Å²) >= 11 is 0. The fourth-order valence-electron chi connectivity index (χ4n) is 1.42. The lowest BCUT2D eigenvalue weighted by molar-refractivity contribution is -0.118. The summed E-state index contributed by atoms with van der Waals surface area (Å²) in [4.78, 5) is 11.1. The number of rotatable bonds is 1. The molecule has 1 aliphatic rings. The van der Waals surface area contributed by atoms with E-state index >= 15 is 0 Å². The van der Waals surface area contributed by atoms with Crippen LogP contribution in [0.1, 0.15) is 27.2 Å². The second-order valence-electron chi connectivity index (χ2n) is 3.45. The average Bonchev–Trinajstić information content (AvgIpc) is 2.10. The van der Waals surface area contributed by atoms with Gasteiger partial charge >= 0.3 is 0 Å². The number of carbonyl (C=O) groups excluding carboxylic acids is 1. The Morgan fingerprint density at radius 1 is 1.60 bits per heavy atom. The number of ketones is 1. The molecule has 56 valence electrons. The first kappa shape index (κ1) is 7.52. The summed E-state index contributed by atoms with van der Waals surface area (Å²) in [6.07, 6.45) is 2.77. The molecule has 10 heavy (non-hydrogen) atoms. The molecule has 0 aromatic heterocycles. The zero-order valence-electron chi connectivity index (χ0n) is 6.85. The maximum Gasteiger partial charge on any atom is 0.159 e. The lowest BCUT2D eigenvalue weighted by Crippen LogP contribution is -2.13. The van der Waals surface area contributed by atoms with Gasteiger partial charge in [-0.05, 0) is 25.3 Å². The minimum Gasteiger partial charge on any atom is -0.295 e. The van der Waals surface area contributed by atoms with Gasteiger partial charge in [-0.15, -0.1) is 0 Å². The van der Waals surface area contributed by atoms with Gasteiger partial charge in [-0.1, -0.05) is 19.4 Å². The van der Waals surface area contributed by atoms with Gasteiger partial charge in [-0.2, -0.15) is 0 Å². The largest absolute Gasteiger partial charge is 0.295 e. The van der Waals surface area contributed by atoms with Gasteiger partial charge in [0.25, 0.3) is 0 Å². The minimum atomic E-state index is 0.278. The van der Waals surface area contributed by atoms with E-state index in [2.05, 4.69) is 13.8 Å². The first-order valence-electron chi connectivity index (χ1n) is 3.82. The van der Waals surface area contributed by atoms with Crippen molar-refractivity contribution in [3.63, 3.8) is 0 Å². The summed E-state index contributed by atoms with van der Waals surface area (Å²) in [5.41, 5.74) is 1.24. The zero-order valence-corrected chi connectivity index (χ0v) is 6.85. The fourth-order valence-corrected chi connectivity index (χ4v) is 1.42. The number of carbonyl (C=O) groups is 1. The minimum absolute atomic E-state index is 0.278. The van der Waals surface area contributed by atoms with Crippen LogP contribution in [0.25, 0.3) is 0 Å². The van der Waals surface area contributed by atoms with Crippen LogP contribution in [0, 0.1) is 11.8 Å². The number of hydrogen-bond acceptors (Lipinski definition) is 1. The van der Waals surface area contributed by atoms with Crippen LogP contribution in [-0.2, 0) is 4.79 Å². The first-order chi connectivity index (χ1) is 4.61. The Balaban J connectivity index is 2.64. The van der Waals surface area contributed by atoms with E-state index in [1.54, 1.807) is 6.08 Å². The van der Waals surface area contributed by atoms with E-state index < -0.39 is 0 Å². The SMILES string of the molecule is CC1=CC(=O)[C@@H](C(C)C)C1. The second-order valence-corrected chi connectivity index (χ2v) is 3.45. The molecule has 0 fully saturated rings. The molecule has 0 spiro atoms. The molecule has 0 saturated heterocycles. The summed E-state index contributed by atoms with van der Waals surface area (Å²) in [6.45, 7) is 6.24. The van der Waals surface area contributed by atoms with Gasteiger partial charge < -0.3 is 0 Å². The van der Waals surface area contributed by atoms with Crippen LogP contribution in [-0.4, -0.2) is 5.78 Å². The number of hydrogen-bond donors (Lipinski definition) is 0. The molecule has 0 aromatic carbocycles. The highest BCUT2D eigenvalue weighted by atomic mass is 16.1. The van der Waals surface area contributed by atoms with Crippen molar-refractivity contribution in [3.8, 4) is 0 Å². The van der Waals surface area contributed by atoms with Gasteiger partial charge in [0.1, 0.15) is 0 Å². The van der Waals surface area contributed by atoms with Crippen molar-refractivity contribution in [2.75, 3.05) is 0 Å².